The van der Waals surface area contributed by atoms with Gasteiger partial charge in [0.25, 0.3) is 0 Å². The van der Waals surface area contributed by atoms with Crippen molar-refractivity contribution in [1.29, 1.82) is 0 Å². The first-order valence-electron chi connectivity index (χ1n) is 7.95. The fourth-order valence-corrected chi connectivity index (χ4v) is 7.17. The average Bonchev–Trinajstić information content (AvgIpc) is 3.09. The fourth-order valence-electron chi connectivity index (χ4n) is 3.42. The highest BCUT2D eigenvalue weighted by Gasteiger charge is 2.49. The van der Waals surface area contributed by atoms with Crippen molar-refractivity contribution in [3.63, 3.8) is 0 Å². The molecule has 1 fully saturated rings. The molecule has 0 saturated heterocycles. The normalized spacial score (nSPS) is 26.1. The van der Waals surface area contributed by atoms with E-state index < -0.39 is 18.1 Å². The van der Waals surface area contributed by atoms with E-state index in [-0.39, 0.29) is 0 Å². The zero-order chi connectivity index (χ0) is 16.1. The van der Waals surface area contributed by atoms with Crippen LogP contribution in [0.3, 0.4) is 0 Å². The monoisotopic (exact) mass is 335 g/mol. The zero-order valence-corrected chi connectivity index (χ0v) is 15.7. The van der Waals surface area contributed by atoms with Crippen molar-refractivity contribution in [2.24, 2.45) is 5.92 Å². The fraction of sp³-hybridized carbons (Fsp3) is 0.529. The molecule has 0 unspecified atom stereocenters. The number of rotatable bonds is 4. The summed E-state index contributed by atoms with van der Waals surface area (Å²) in [6, 6.07) is 7.15. The van der Waals surface area contributed by atoms with Crippen molar-refractivity contribution in [2.45, 2.75) is 43.4 Å². The third-order valence-corrected chi connectivity index (χ3v) is 9.64. The quantitative estimate of drug-likeness (QED) is 0.622. The summed E-state index contributed by atoms with van der Waals surface area (Å²) in [5.74, 6) is 0.643. The maximum Gasteiger partial charge on any atom is 0.243 e. The molecule has 0 aromatic heterocycles. The minimum absolute atomic E-state index is 0.408. The average molecular weight is 336 g/mol. The second kappa shape index (κ2) is 5.32. The van der Waals surface area contributed by atoms with Crippen LogP contribution >= 0.6 is 0 Å². The lowest BCUT2D eigenvalue weighted by Crippen LogP contribution is -2.29. The van der Waals surface area contributed by atoms with Gasteiger partial charge in [-0.05, 0) is 36.9 Å². The molecule has 3 rings (SSSR count). The number of hydrogen-bond donors (Lipinski definition) is 0. The van der Waals surface area contributed by atoms with Gasteiger partial charge in [0.2, 0.25) is 10.0 Å². The molecule has 0 spiro atoms. The van der Waals surface area contributed by atoms with Crippen molar-refractivity contribution >= 4 is 18.1 Å². The SMILES string of the molecule is Cc1ccc(S(=O)(=O)N2CC=C([C@@H]3C[C@H]3[Si](C)(C)C)C2)cc1. The summed E-state index contributed by atoms with van der Waals surface area (Å²) in [6.45, 7) is 10.3. The van der Waals surface area contributed by atoms with Crippen LogP contribution in [-0.2, 0) is 10.0 Å². The van der Waals surface area contributed by atoms with E-state index in [1.807, 2.05) is 19.1 Å². The number of aryl methyl sites for hydroxylation is 1. The molecule has 0 N–H and O–H groups in total. The standard InChI is InChI=1S/C17H25NO2SSi/c1-13-5-7-15(8-6-13)21(19,20)18-10-9-14(12-18)16-11-17(16)22(2,3)4/h5-9,16-17H,10-12H2,1-4H3/t16-,17+/m0/s1. The second-order valence-electron chi connectivity index (χ2n) is 7.70. The Kier molecular flexibility index (Phi) is 3.86. The van der Waals surface area contributed by atoms with Gasteiger partial charge in [-0.1, -0.05) is 49.0 Å². The van der Waals surface area contributed by atoms with Crippen molar-refractivity contribution in [1.82, 2.24) is 4.31 Å². The predicted molar refractivity (Wildman–Crippen MR) is 93.2 cm³/mol. The molecule has 1 aliphatic carbocycles. The molecular weight excluding hydrogens is 310 g/mol. The maximum atomic E-state index is 12.7. The summed E-state index contributed by atoms with van der Waals surface area (Å²) in [4.78, 5) is 0.408. The Hall–Kier alpha value is -0.913. The van der Waals surface area contributed by atoms with Crippen LogP contribution < -0.4 is 0 Å². The van der Waals surface area contributed by atoms with Crippen molar-refractivity contribution in [2.75, 3.05) is 13.1 Å². The van der Waals surface area contributed by atoms with Crippen LogP contribution in [0, 0.1) is 12.8 Å². The molecule has 0 amide bonds. The van der Waals surface area contributed by atoms with Gasteiger partial charge in [-0.2, -0.15) is 4.31 Å². The minimum Gasteiger partial charge on any atom is -0.207 e. The molecule has 1 aromatic carbocycles. The Labute approximate surface area is 135 Å². The van der Waals surface area contributed by atoms with Crippen LogP contribution in [0.1, 0.15) is 12.0 Å². The number of sulfonamides is 1. The van der Waals surface area contributed by atoms with Crippen LogP contribution in [0.25, 0.3) is 0 Å². The molecule has 1 saturated carbocycles. The Morgan fingerprint density at radius 1 is 1.14 bits per heavy atom. The largest absolute Gasteiger partial charge is 0.243 e. The van der Waals surface area contributed by atoms with Gasteiger partial charge in [0.15, 0.2) is 0 Å². The van der Waals surface area contributed by atoms with Gasteiger partial charge < -0.3 is 0 Å². The zero-order valence-electron chi connectivity index (χ0n) is 13.8. The summed E-state index contributed by atoms with van der Waals surface area (Å²) in [7, 11) is -4.46. The molecule has 2 atom stereocenters. The van der Waals surface area contributed by atoms with Gasteiger partial charge in [-0.3, -0.25) is 0 Å². The van der Waals surface area contributed by atoms with E-state index in [2.05, 4.69) is 25.7 Å². The maximum absolute atomic E-state index is 12.7. The van der Waals surface area contributed by atoms with E-state index >= 15 is 0 Å². The van der Waals surface area contributed by atoms with E-state index in [1.54, 1.807) is 16.4 Å². The molecule has 1 aliphatic heterocycles. The Morgan fingerprint density at radius 2 is 1.77 bits per heavy atom. The molecule has 120 valence electrons. The number of hydrogen-bond acceptors (Lipinski definition) is 2. The van der Waals surface area contributed by atoms with E-state index in [4.69, 9.17) is 0 Å². The van der Waals surface area contributed by atoms with Crippen LogP contribution in [0.4, 0.5) is 0 Å². The highest BCUT2D eigenvalue weighted by Crippen LogP contribution is 2.56. The molecule has 2 aliphatic rings. The summed E-state index contributed by atoms with van der Waals surface area (Å²) in [6.07, 6.45) is 3.41. The van der Waals surface area contributed by atoms with Crippen LogP contribution in [0.15, 0.2) is 40.8 Å². The van der Waals surface area contributed by atoms with Gasteiger partial charge in [-0.25, -0.2) is 8.42 Å². The third-order valence-electron chi connectivity index (χ3n) is 4.95. The lowest BCUT2D eigenvalue weighted by atomic mass is 10.2. The van der Waals surface area contributed by atoms with Gasteiger partial charge in [0.05, 0.1) is 4.90 Å². The van der Waals surface area contributed by atoms with E-state index in [0.717, 1.165) is 11.1 Å². The predicted octanol–water partition coefficient (Wildman–Crippen LogP) is 3.65. The van der Waals surface area contributed by atoms with E-state index in [0.29, 0.717) is 23.9 Å². The number of nitrogens with zero attached hydrogens (tertiary/aromatic N) is 1. The van der Waals surface area contributed by atoms with Crippen LogP contribution in [0.2, 0.25) is 25.2 Å². The summed E-state index contributed by atoms with van der Waals surface area (Å²) in [5.41, 5.74) is 3.26. The minimum atomic E-state index is -3.35. The molecular formula is C17H25NO2SSi. The molecule has 0 bridgehead atoms. The Bertz CT molecular complexity index is 701. The summed E-state index contributed by atoms with van der Waals surface area (Å²) < 4.78 is 27.0. The second-order valence-corrected chi connectivity index (χ2v) is 15.1. The topological polar surface area (TPSA) is 37.4 Å². The first-order chi connectivity index (χ1) is 10.2. The smallest absolute Gasteiger partial charge is 0.207 e. The summed E-state index contributed by atoms with van der Waals surface area (Å²) >= 11 is 0. The van der Waals surface area contributed by atoms with Gasteiger partial charge >= 0.3 is 0 Å². The third kappa shape index (κ3) is 2.94. The van der Waals surface area contributed by atoms with Crippen molar-refractivity contribution in [3.8, 4) is 0 Å². The lowest BCUT2D eigenvalue weighted by molar-refractivity contribution is 0.481. The van der Waals surface area contributed by atoms with E-state index in [1.165, 1.54) is 12.0 Å². The molecule has 0 radical (unpaired) electrons. The van der Waals surface area contributed by atoms with Gasteiger partial charge in [0, 0.05) is 21.2 Å². The molecule has 1 heterocycles. The first-order valence-corrected chi connectivity index (χ1v) is 13.0. The van der Waals surface area contributed by atoms with Crippen molar-refractivity contribution in [3.05, 3.63) is 41.5 Å². The van der Waals surface area contributed by atoms with Gasteiger partial charge in [-0.15, -0.1) is 0 Å². The molecule has 22 heavy (non-hydrogen) atoms. The summed E-state index contributed by atoms with van der Waals surface area (Å²) in [5, 5.41) is 0. The Balaban J connectivity index is 1.71. The van der Waals surface area contributed by atoms with Crippen LogP contribution in [-0.4, -0.2) is 33.9 Å². The van der Waals surface area contributed by atoms with Gasteiger partial charge in [0.1, 0.15) is 0 Å². The van der Waals surface area contributed by atoms with E-state index in [9.17, 15) is 8.42 Å². The molecule has 3 nitrogen and oxygen atoms in total. The van der Waals surface area contributed by atoms with Crippen LogP contribution in [0.5, 0.6) is 0 Å². The molecule has 1 aromatic rings. The highest BCUT2D eigenvalue weighted by molar-refractivity contribution is 7.89. The lowest BCUT2D eigenvalue weighted by Gasteiger charge is -2.18. The molecule has 5 heteroatoms. The first kappa shape index (κ1) is 16.0. The Morgan fingerprint density at radius 3 is 2.32 bits per heavy atom. The number of benzene rings is 1. The van der Waals surface area contributed by atoms with Crippen molar-refractivity contribution < 1.29 is 8.42 Å². The highest BCUT2D eigenvalue weighted by atomic mass is 32.2.